The van der Waals surface area contributed by atoms with Crippen LogP contribution in [-0.2, 0) is 4.79 Å². The molecule has 5 heteroatoms. The van der Waals surface area contributed by atoms with Crippen LogP contribution in [-0.4, -0.2) is 19.5 Å². The highest BCUT2D eigenvalue weighted by atomic mass is 19.1. The van der Waals surface area contributed by atoms with Crippen molar-refractivity contribution >= 4 is 11.6 Å². The number of rotatable bonds is 5. The molecule has 0 fully saturated rings. The second kappa shape index (κ2) is 6.48. The second-order valence-electron chi connectivity index (χ2n) is 3.48. The molecule has 0 radical (unpaired) electrons. The summed E-state index contributed by atoms with van der Waals surface area (Å²) >= 11 is 0. The summed E-state index contributed by atoms with van der Waals surface area (Å²) in [6.07, 6.45) is 1.03. The summed E-state index contributed by atoms with van der Waals surface area (Å²) in [5, 5.41) is 14.2. The minimum atomic E-state index is -0.538. The van der Waals surface area contributed by atoms with Gasteiger partial charge in [-0.25, -0.2) is 4.39 Å². The van der Waals surface area contributed by atoms with Crippen LogP contribution >= 0.6 is 0 Å². The van der Waals surface area contributed by atoms with E-state index in [4.69, 9.17) is 5.26 Å². The lowest BCUT2D eigenvalue weighted by atomic mass is 10.2. The van der Waals surface area contributed by atoms with Gasteiger partial charge in [0, 0.05) is 20.0 Å². The van der Waals surface area contributed by atoms with Gasteiger partial charge in [0.15, 0.2) is 0 Å². The molecule has 0 aliphatic rings. The molecule has 90 valence electrons. The van der Waals surface area contributed by atoms with Gasteiger partial charge in [0.25, 0.3) is 0 Å². The van der Waals surface area contributed by atoms with E-state index < -0.39 is 5.82 Å². The molecule has 0 saturated carbocycles. The Balaban J connectivity index is 2.50. The van der Waals surface area contributed by atoms with Gasteiger partial charge in [-0.15, -0.1) is 0 Å². The topological polar surface area (TPSA) is 64.9 Å². The van der Waals surface area contributed by atoms with Crippen LogP contribution in [0, 0.1) is 17.1 Å². The third-order valence-electron chi connectivity index (χ3n) is 2.30. The Hall–Kier alpha value is -2.09. The number of amides is 1. The molecule has 1 aromatic rings. The van der Waals surface area contributed by atoms with Gasteiger partial charge in [-0.1, -0.05) is 6.07 Å². The first kappa shape index (κ1) is 13.0. The third kappa shape index (κ3) is 3.76. The van der Waals surface area contributed by atoms with Crippen molar-refractivity contribution in [1.29, 1.82) is 5.26 Å². The number of nitrogens with one attached hydrogen (secondary N) is 2. The van der Waals surface area contributed by atoms with E-state index in [-0.39, 0.29) is 11.5 Å². The summed E-state index contributed by atoms with van der Waals surface area (Å²) < 4.78 is 13.2. The Kier molecular flexibility index (Phi) is 4.95. The number of nitriles is 1. The van der Waals surface area contributed by atoms with Crippen LogP contribution in [0.5, 0.6) is 0 Å². The third-order valence-corrected chi connectivity index (χ3v) is 2.30. The molecule has 0 saturated heterocycles. The van der Waals surface area contributed by atoms with Crippen molar-refractivity contribution in [3.8, 4) is 6.07 Å². The number of halogens is 1. The molecular formula is C12H14FN3O. The molecule has 17 heavy (non-hydrogen) atoms. The first-order chi connectivity index (χ1) is 8.19. The summed E-state index contributed by atoms with van der Waals surface area (Å²) in [4.78, 5) is 10.9. The van der Waals surface area contributed by atoms with Crippen molar-refractivity contribution in [3.05, 3.63) is 29.6 Å². The summed E-state index contributed by atoms with van der Waals surface area (Å²) in [6, 6.07) is 6.23. The first-order valence-corrected chi connectivity index (χ1v) is 5.32. The van der Waals surface area contributed by atoms with E-state index in [1.54, 1.807) is 13.1 Å². The Bertz CT molecular complexity index is 440. The number of hydrogen-bond acceptors (Lipinski definition) is 3. The Morgan fingerprint density at radius 3 is 2.94 bits per heavy atom. The number of anilines is 1. The van der Waals surface area contributed by atoms with Gasteiger partial charge in [-0.3, -0.25) is 4.79 Å². The zero-order chi connectivity index (χ0) is 12.7. The Morgan fingerprint density at radius 1 is 1.53 bits per heavy atom. The van der Waals surface area contributed by atoms with Crippen LogP contribution in [0.4, 0.5) is 10.1 Å². The maximum Gasteiger partial charge on any atom is 0.219 e. The summed E-state index contributed by atoms with van der Waals surface area (Å²) in [6.45, 7) is 0.519. The van der Waals surface area contributed by atoms with E-state index in [1.165, 1.54) is 12.1 Å². The van der Waals surface area contributed by atoms with Gasteiger partial charge in [0.1, 0.15) is 17.4 Å². The molecule has 4 nitrogen and oxygen atoms in total. The summed E-state index contributed by atoms with van der Waals surface area (Å²) in [5.41, 5.74) is 0.469. The molecule has 1 amide bonds. The fourth-order valence-electron chi connectivity index (χ4n) is 1.38. The van der Waals surface area contributed by atoms with Gasteiger partial charge in [0.05, 0.1) is 5.69 Å². The van der Waals surface area contributed by atoms with Crippen LogP contribution in [0.3, 0.4) is 0 Å². The molecule has 0 aromatic heterocycles. The number of nitrogens with zero attached hydrogens (tertiary/aromatic N) is 1. The van der Waals surface area contributed by atoms with E-state index >= 15 is 0 Å². The van der Waals surface area contributed by atoms with E-state index in [1.807, 2.05) is 6.07 Å². The average Bonchev–Trinajstić information content (AvgIpc) is 2.34. The standard InChI is InChI=1S/C12H14FN3O/c1-15-12(17)6-3-7-16-11-5-2-4-10(13)9(11)8-14/h2,4-5,16H,3,6-7H2,1H3,(H,15,17). The van der Waals surface area contributed by atoms with Crippen molar-refractivity contribution in [2.24, 2.45) is 0 Å². The van der Waals surface area contributed by atoms with Crippen molar-refractivity contribution < 1.29 is 9.18 Å². The summed E-state index contributed by atoms with van der Waals surface area (Å²) in [7, 11) is 1.58. The fraction of sp³-hybridized carbons (Fsp3) is 0.333. The Morgan fingerprint density at radius 2 is 2.29 bits per heavy atom. The highest BCUT2D eigenvalue weighted by Gasteiger charge is 2.06. The van der Waals surface area contributed by atoms with E-state index in [0.29, 0.717) is 25.1 Å². The van der Waals surface area contributed by atoms with Crippen LogP contribution in [0.25, 0.3) is 0 Å². The molecule has 0 heterocycles. The smallest absolute Gasteiger partial charge is 0.219 e. The normalized spacial score (nSPS) is 9.47. The largest absolute Gasteiger partial charge is 0.384 e. The quantitative estimate of drug-likeness (QED) is 0.762. The Labute approximate surface area is 99.4 Å². The number of hydrogen-bond donors (Lipinski definition) is 2. The highest BCUT2D eigenvalue weighted by molar-refractivity contribution is 5.75. The molecule has 0 bridgehead atoms. The number of carbonyl (C=O) groups excluding carboxylic acids is 1. The maximum atomic E-state index is 13.2. The predicted molar refractivity (Wildman–Crippen MR) is 62.9 cm³/mol. The van der Waals surface area contributed by atoms with Crippen LogP contribution in [0.15, 0.2) is 18.2 Å². The molecule has 0 aliphatic carbocycles. The monoisotopic (exact) mass is 235 g/mol. The first-order valence-electron chi connectivity index (χ1n) is 5.32. The van der Waals surface area contributed by atoms with Crippen LogP contribution in [0.1, 0.15) is 18.4 Å². The summed E-state index contributed by atoms with van der Waals surface area (Å²) in [5.74, 6) is -0.574. The second-order valence-corrected chi connectivity index (χ2v) is 3.48. The van der Waals surface area contributed by atoms with Gasteiger partial charge in [-0.2, -0.15) is 5.26 Å². The average molecular weight is 235 g/mol. The van der Waals surface area contributed by atoms with Crippen molar-refractivity contribution in [2.75, 3.05) is 18.9 Å². The van der Waals surface area contributed by atoms with E-state index in [9.17, 15) is 9.18 Å². The lowest BCUT2D eigenvalue weighted by Crippen LogP contribution is -2.18. The maximum absolute atomic E-state index is 13.2. The molecule has 1 rings (SSSR count). The van der Waals surface area contributed by atoms with Gasteiger partial charge in [-0.05, 0) is 18.6 Å². The lowest BCUT2D eigenvalue weighted by Gasteiger charge is -2.08. The molecule has 1 aromatic carbocycles. The zero-order valence-corrected chi connectivity index (χ0v) is 9.59. The predicted octanol–water partition coefficient (Wildman–Crippen LogP) is 1.64. The van der Waals surface area contributed by atoms with E-state index in [0.717, 1.165) is 0 Å². The highest BCUT2D eigenvalue weighted by Crippen LogP contribution is 2.17. The lowest BCUT2D eigenvalue weighted by molar-refractivity contribution is -0.120. The van der Waals surface area contributed by atoms with Gasteiger partial charge >= 0.3 is 0 Å². The molecular weight excluding hydrogens is 221 g/mol. The minimum Gasteiger partial charge on any atom is -0.384 e. The molecule has 0 aliphatic heterocycles. The molecule has 0 atom stereocenters. The molecule has 0 unspecified atom stereocenters. The van der Waals surface area contributed by atoms with Crippen molar-refractivity contribution in [2.45, 2.75) is 12.8 Å². The number of carbonyl (C=O) groups is 1. The number of benzene rings is 1. The fourth-order valence-corrected chi connectivity index (χ4v) is 1.38. The van der Waals surface area contributed by atoms with E-state index in [2.05, 4.69) is 10.6 Å². The van der Waals surface area contributed by atoms with Crippen molar-refractivity contribution in [3.63, 3.8) is 0 Å². The SMILES string of the molecule is CNC(=O)CCCNc1cccc(F)c1C#N. The molecule has 2 N–H and O–H groups in total. The van der Waals surface area contributed by atoms with Crippen molar-refractivity contribution in [1.82, 2.24) is 5.32 Å². The van der Waals surface area contributed by atoms with Crippen LogP contribution in [0.2, 0.25) is 0 Å². The van der Waals surface area contributed by atoms with Crippen LogP contribution < -0.4 is 10.6 Å². The zero-order valence-electron chi connectivity index (χ0n) is 9.59. The molecule has 0 spiro atoms. The van der Waals surface area contributed by atoms with Gasteiger partial charge < -0.3 is 10.6 Å². The minimum absolute atomic E-state index is 0.00689. The van der Waals surface area contributed by atoms with Gasteiger partial charge in [0.2, 0.25) is 5.91 Å².